The van der Waals surface area contributed by atoms with Crippen molar-refractivity contribution in [2.24, 2.45) is 0 Å². The van der Waals surface area contributed by atoms with Crippen LogP contribution in [0.5, 0.6) is 0 Å². The number of hydrogen-bond donors (Lipinski definition) is 2. The van der Waals surface area contributed by atoms with Gasteiger partial charge in [-0.1, -0.05) is 0 Å². The third-order valence-corrected chi connectivity index (χ3v) is 1.78. The maximum Gasteiger partial charge on any atom is 0.234 e. The predicted octanol–water partition coefficient (Wildman–Crippen LogP) is 0.154. The number of amides is 1. The van der Waals surface area contributed by atoms with Crippen LogP contribution >= 0.6 is 0 Å². The van der Waals surface area contributed by atoms with Crippen molar-refractivity contribution in [3.63, 3.8) is 0 Å². The number of rotatable bonds is 8. The van der Waals surface area contributed by atoms with Crippen LogP contribution in [0.1, 0.15) is 20.8 Å². The molecule has 0 saturated heterocycles. The van der Waals surface area contributed by atoms with Gasteiger partial charge in [0.05, 0.1) is 26.4 Å². The van der Waals surface area contributed by atoms with Gasteiger partial charge in [-0.2, -0.15) is 0 Å². The van der Waals surface area contributed by atoms with Crippen LogP contribution in [0.3, 0.4) is 0 Å². The van der Waals surface area contributed by atoms with Crippen LogP contribution in [0.25, 0.3) is 0 Å². The van der Waals surface area contributed by atoms with Crippen LogP contribution in [0.15, 0.2) is 0 Å². The number of nitrogens with one attached hydrogen (secondary N) is 2. The van der Waals surface area contributed by atoms with Gasteiger partial charge in [-0.3, -0.25) is 4.79 Å². The van der Waals surface area contributed by atoms with Crippen LogP contribution in [0, 0.1) is 0 Å². The van der Waals surface area contributed by atoms with Crippen molar-refractivity contribution in [1.29, 1.82) is 0 Å². The Hall–Kier alpha value is -0.650. The summed E-state index contributed by atoms with van der Waals surface area (Å²) in [5.74, 6) is -0.00901. The smallest absolute Gasteiger partial charge is 0.234 e. The molecular formula is C11H24N2O3. The lowest BCUT2D eigenvalue weighted by atomic mass is 10.1. The van der Waals surface area contributed by atoms with Gasteiger partial charge in [0.2, 0.25) is 5.91 Å². The quantitative estimate of drug-likeness (QED) is 0.585. The summed E-state index contributed by atoms with van der Waals surface area (Å²) < 4.78 is 10.0. The van der Waals surface area contributed by atoms with E-state index in [1.54, 1.807) is 7.11 Å². The van der Waals surface area contributed by atoms with Crippen LogP contribution < -0.4 is 10.6 Å². The summed E-state index contributed by atoms with van der Waals surface area (Å²) in [6.07, 6.45) is 0. The Morgan fingerprint density at radius 1 is 1.19 bits per heavy atom. The lowest BCUT2D eigenvalue weighted by molar-refractivity contribution is -0.120. The van der Waals surface area contributed by atoms with Gasteiger partial charge in [0, 0.05) is 19.2 Å². The highest BCUT2D eigenvalue weighted by Gasteiger charge is 2.10. The highest BCUT2D eigenvalue weighted by Crippen LogP contribution is 1.96. The Balaban J connectivity index is 3.31. The summed E-state index contributed by atoms with van der Waals surface area (Å²) in [6.45, 7) is 8.60. The molecule has 0 radical (unpaired) electrons. The minimum Gasteiger partial charge on any atom is -0.382 e. The Kier molecular flexibility index (Phi) is 8.15. The van der Waals surface area contributed by atoms with Crippen molar-refractivity contribution in [3.05, 3.63) is 0 Å². The number of hydrogen-bond acceptors (Lipinski definition) is 4. The van der Waals surface area contributed by atoms with Gasteiger partial charge in [0.15, 0.2) is 0 Å². The Labute approximate surface area is 97.9 Å². The minimum atomic E-state index is -0.0354. The van der Waals surface area contributed by atoms with Crippen molar-refractivity contribution >= 4 is 5.91 Å². The van der Waals surface area contributed by atoms with Gasteiger partial charge in [0.1, 0.15) is 0 Å². The summed E-state index contributed by atoms with van der Waals surface area (Å²) in [7, 11) is 1.63. The van der Waals surface area contributed by atoms with E-state index in [1.807, 2.05) is 20.8 Å². The van der Waals surface area contributed by atoms with Gasteiger partial charge in [-0.25, -0.2) is 0 Å². The van der Waals surface area contributed by atoms with Crippen LogP contribution in [-0.2, 0) is 14.3 Å². The van der Waals surface area contributed by atoms with Gasteiger partial charge in [0.25, 0.3) is 0 Å². The van der Waals surface area contributed by atoms with E-state index < -0.39 is 0 Å². The topological polar surface area (TPSA) is 59.6 Å². The first kappa shape index (κ1) is 15.3. The molecule has 0 aliphatic carbocycles. The number of carbonyl (C=O) groups excluding carboxylic acids is 1. The predicted molar refractivity (Wildman–Crippen MR) is 63.5 cm³/mol. The average molecular weight is 232 g/mol. The van der Waals surface area contributed by atoms with Crippen molar-refractivity contribution < 1.29 is 14.3 Å². The molecule has 0 unspecified atom stereocenters. The third kappa shape index (κ3) is 11.4. The molecule has 0 aromatic heterocycles. The lowest BCUT2D eigenvalue weighted by Gasteiger charge is -2.19. The van der Waals surface area contributed by atoms with Crippen LogP contribution in [0.2, 0.25) is 0 Å². The normalized spacial score (nSPS) is 11.5. The van der Waals surface area contributed by atoms with E-state index in [0.29, 0.717) is 32.9 Å². The molecule has 0 aliphatic rings. The fourth-order valence-electron chi connectivity index (χ4n) is 0.915. The molecule has 0 aromatic rings. The number of carbonyl (C=O) groups is 1. The van der Waals surface area contributed by atoms with E-state index in [0.717, 1.165) is 0 Å². The molecule has 0 spiro atoms. The first-order valence-corrected chi connectivity index (χ1v) is 5.54. The summed E-state index contributed by atoms with van der Waals surface area (Å²) in [5.41, 5.74) is -0.0354. The molecule has 0 aliphatic heterocycles. The molecule has 0 fully saturated rings. The van der Waals surface area contributed by atoms with Crippen LogP contribution in [0.4, 0.5) is 0 Å². The summed E-state index contributed by atoms with van der Waals surface area (Å²) in [4.78, 5) is 11.3. The van der Waals surface area contributed by atoms with Crippen molar-refractivity contribution in [2.75, 3.05) is 40.0 Å². The first-order chi connectivity index (χ1) is 7.45. The monoisotopic (exact) mass is 232 g/mol. The number of ether oxygens (including phenoxy) is 2. The number of methoxy groups -OCH3 is 1. The molecule has 0 atom stereocenters. The summed E-state index contributed by atoms with van der Waals surface area (Å²) in [6, 6.07) is 0. The van der Waals surface area contributed by atoms with Gasteiger partial charge in [-0.15, -0.1) is 0 Å². The molecule has 5 heteroatoms. The molecule has 1 amide bonds. The minimum absolute atomic E-state index is 0.00901. The van der Waals surface area contributed by atoms with Crippen molar-refractivity contribution in [2.45, 2.75) is 26.3 Å². The molecule has 16 heavy (non-hydrogen) atoms. The molecule has 0 heterocycles. The molecule has 96 valence electrons. The standard InChI is InChI=1S/C11H24N2O3/c1-11(2,3)13-9-10(14)12-5-6-16-8-7-15-4/h13H,5-9H2,1-4H3,(H,12,14). The van der Waals surface area contributed by atoms with Crippen LogP contribution in [-0.4, -0.2) is 51.5 Å². The van der Waals surface area contributed by atoms with Gasteiger partial charge >= 0.3 is 0 Å². The third-order valence-electron chi connectivity index (χ3n) is 1.78. The highest BCUT2D eigenvalue weighted by atomic mass is 16.5. The van der Waals surface area contributed by atoms with E-state index in [-0.39, 0.29) is 11.4 Å². The fraction of sp³-hybridized carbons (Fsp3) is 0.909. The summed E-state index contributed by atoms with van der Waals surface area (Å²) in [5, 5.41) is 5.87. The van der Waals surface area contributed by atoms with Crippen molar-refractivity contribution in [1.82, 2.24) is 10.6 Å². The molecular weight excluding hydrogens is 208 g/mol. The zero-order chi connectivity index (χ0) is 12.4. The molecule has 0 aromatic carbocycles. The molecule has 0 rings (SSSR count). The molecule has 0 bridgehead atoms. The Morgan fingerprint density at radius 3 is 2.44 bits per heavy atom. The Bertz CT molecular complexity index is 190. The summed E-state index contributed by atoms with van der Waals surface area (Å²) >= 11 is 0. The molecule has 2 N–H and O–H groups in total. The largest absolute Gasteiger partial charge is 0.382 e. The zero-order valence-corrected chi connectivity index (χ0v) is 10.8. The molecule has 5 nitrogen and oxygen atoms in total. The van der Waals surface area contributed by atoms with E-state index in [2.05, 4.69) is 10.6 Å². The van der Waals surface area contributed by atoms with E-state index in [9.17, 15) is 4.79 Å². The van der Waals surface area contributed by atoms with E-state index in [4.69, 9.17) is 9.47 Å². The fourth-order valence-corrected chi connectivity index (χ4v) is 0.915. The van der Waals surface area contributed by atoms with Gasteiger partial charge < -0.3 is 20.1 Å². The maximum atomic E-state index is 11.3. The highest BCUT2D eigenvalue weighted by molar-refractivity contribution is 5.78. The van der Waals surface area contributed by atoms with Gasteiger partial charge in [-0.05, 0) is 20.8 Å². The second kappa shape index (κ2) is 8.50. The second-order valence-corrected chi connectivity index (χ2v) is 4.56. The maximum absolute atomic E-state index is 11.3. The van der Waals surface area contributed by atoms with E-state index in [1.165, 1.54) is 0 Å². The Morgan fingerprint density at radius 2 is 1.88 bits per heavy atom. The SMILES string of the molecule is COCCOCCNC(=O)CNC(C)(C)C. The lowest BCUT2D eigenvalue weighted by Crippen LogP contribution is -2.43. The van der Waals surface area contributed by atoms with E-state index >= 15 is 0 Å². The average Bonchev–Trinajstić information content (AvgIpc) is 2.19. The first-order valence-electron chi connectivity index (χ1n) is 5.54. The second-order valence-electron chi connectivity index (χ2n) is 4.56. The molecule has 0 saturated carbocycles. The zero-order valence-electron chi connectivity index (χ0n) is 10.8. The van der Waals surface area contributed by atoms with Crippen molar-refractivity contribution in [3.8, 4) is 0 Å².